The fraction of sp³-hybridized carbons (Fsp3) is 0.444. The summed E-state index contributed by atoms with van der Waals surface area (Å²) in [5, 5.41) is 0. The molecule has 3 rings (SSSR count). The number of pyridine rings is 2. The lowest BCUT2D eigenvalue weighted by Crippen LogP contribution is -2.08. The van der Waals surface area contributed by atoms with Crippen LogP contribution in [0.3, 0.4) is 0 Å². The maximum Gasteiger partial charge on any atom is 0.433 e. The van der Waals surface area contributed by atoms with Crippen LogP contribution >= 0.6 is 0 Å². The van der Waals surface area contributed by atoms with Crippen LogP contribution in [0.15, 0.2) is 30.5 Å². The first kappa shape index (κ1) is 16.7. The molecule has 3 heterocycles. The molecule has 1 aliphatic rings. The molecule has 2 aromatic heterocycles. The van der Waals surface area contributed by atoms with E-state index in [1.165, 1.54) is 6.20 Å². The fourth-order valence-corrected chi connectivity index (χ4v) is 2.98. The fourth-order valence-electron chi connectivity index (χ4n) is 2.98. The number of aromatic nitrogens is 2. The van der Waals surface area contributed by atoms with E-state index >= 15 is 0 Å². The molecule has 0 saturated carbocycles. The molecule has 1 atom stereocenters. The highest BCUT2D eigenvalue weighted by Crippen LogP contribution is 2.35. The van der Waals surface area contributed by atoms with Crippen molar-refractivity contribution in [3.05, 3.63) is 41.9 Å². The van der Waals surface area contributed by atoms with Crippen LogP contribution in [-0.4, -0.2) is 22.6 Å². The molecule has 2 aromatic rings. The average molecular weight is 335 g/mol. The molecule has 0 amide bonds. The van der Waals surface area contributed by atoms with E-state index in [9.17, 15) is 13.2 Å². The summed E-state index contributed by atoms with van der Waals surface area (Å²) < 4.78 is 38.4. The molecule has 0 aromatic carbocycles. The third-order valence-electron chi connectivity index (χ3n) is 4.17. The van der Waals surface area contributed by atoms with Crippen LogP contribution in [0.1, 0.15) is 31.7 Å². The van der Waals surface area contributed by atoms with Gasteiger partial charge in [0.25, 0.3) is 0 Å². The lowest BCUT2D eigenvalue weighted by atomic mass is 10.1. The Balaban J connectivity index is 1.83. The predicted octanol–water partition coefficient (Wildman–Crippen LogP) is 4.71. The first-order chi connectivity index (χ1) is 11.3. The van der Waals surface area contributed by atoms with Gasteiger partial charge in [0.2, 0.25) is 0 Å². The van der Waals surface area contributed by atoms with E-state index < -0.39 is 11.9 Å². The van der Waals surface area contributed by atoms with E-state index in [1.54, 1.807) is 12.1 Å². The lowest BCUT2D eigenvalue weighted by molar-refractivity contribution is -0.141. The van der Waals surface area contributed by atoms with Crippen molar-refractivity contribution in [1.29, 1.82) is 0 Å². The Hall–Kier alpha value is -2.11. The number of aryl methyl sites for hydroxylation is 1. The summed E-state index contributed by atoms with van der Waals surface area (Å²) in [7, 11) is 0. The SMILES string of the molecule is Cc1nc(-c2ccnc(C(F)(F)F)c2)ccc1N1CC1CC(C)C. The second-order valence-corrected chi connectivity index (χ2v) is 6.66. The monoisotopic (exact) mass is 335 g/mol. The second kappa shape index (κ2) is 6.07. The van der Waals surface area contributed by atoms with Gasteiger partial charge in [-0.1, -0.05) is 13.8 Å². The minimum Gasteiger partial charge on any atom is -0.363 e. The van der Waals surface area contributed by atoms with Gasteiger partial charge in [0, 0.05) is 24.3 Å². The van der Waals surface area contributed by atoms with Crippen molar-refractivity contribution < 1.29 is 13.2 Å². The smallest absolute Gasteiger partial charge is 0.363 e. The summed E-state index contributed by atoms with van der Waals surface area (Å²) in [5.74, 6) is 0.644. The van der Waals surface area contributed by atoms with Gasteiger partial charge >= 0.3 is 6.18 Å². The molecule has 1 saturated heterocycles. The highest BCUT2D eigenvalue weighted by atomic mass is 19.4. The molecule has 1 aliphatic heterocycles. The van der Waals surface area contributed by atoms with Crippen molar-refractivity contribution >= 4 is 5.69 Å². The zero-order chi connectivity index (χ0) is 17.5. The molecule has 24 heavy (non-hydrogen) atoms. The van der Waals surface area contributed by atoms with E-state index in [4.69, 9.17) is 0 Å². The van der Waals surface area contributed by atoms with Crippen LogP contribution in [-0.2, 0) is 6.18 Å². The van der Waals surface area contributed by atoms with Crippen LogP contribution < -0.4 is 4.90 Å². The molecule has 1 fully saturated rings. The quantitative estimate of drug-likeness (QED) is 0.758. The highest BCUT2D eigenvalue weighted by Gasteiger charge is 2.35. The molecule has 0 aliphatic carbocycles. The van der Waals surface area contributed by atoms with Crippen LogP contribution in [0.25, 0.3) is 11.3 Å². The average Bonchev–Trinajstić information content (AvgIpc) is 3.24. The molecule has 6 heteroatoms. The van der Waals surface area contributed by atoms with Gasteiger partial charge in [-0.2, -0.15) is 13.2 Å². The van der Waals surface area contributed by atoms with E-state index in [-0.39, 0.29) is 0 Å². The van der Waals surface area contributed by atoms with Gasteiger partial charge in [-0.3, -0.25) is 9.97 Å². The Morgan fingerprint density at radius 2 is 2.00 bits per heavy atom. The van der Waals surface area contributed by atoms with Gasteiger partial charge in [-0.15, -0.1) is 0 Å². The minimum absolute atomic E-state index is 0.427. The summed E-state index contributed by atoms with van der Waals surface area (Å²) in [6.07, 6.45) is -2.14. The summed E-state index contributed by atoms with van der Waals surface area (Å²) >= 11 is 0. The summed E-state index contributed by atoms with van der Waals surface area (Å²) in [6.45, 7) is 7.32. The van der Waals surface area contributed by atoms with Gasteiger partial charge in [0.1, 0.15) is 5.69 Å². The van der Waals surface area contributed by atoms with E-state index in [1.807, 2.05) is 13.0 Å². The maximum atomic E-state index is 12.8. The first-order valence-electron chi connectivity index (χ1n) is 8.03. The lowest BCUT2D eigenvalue weighted by Gasteiger charge is -2.12. The predicted molar refractivity (Wildman–Crippen MR) is 87.8 cm³/mol. The Kier molecular flexibility index (Phi) is 4.24. The van der Waals surface area contributed by atoms with Crippen LogP contribution in [0.2, 0.25) is 0 Å². The Morgan fingerprint density at radius 1 is 1.25 bits per heavy atom. The Morgan fingerprint density at radius 3 is 2.62 bits per heavy atom. The first-order valence-corrected chi connectivity index (χ1v) is 8.03. The molecular formula is C18H20F3N3. The maximum absolute atomic E-state index is 12.8. The standard InChI is InChI=1S/C18H20F3N3/c1-11(2)8-14-10-24(14)16-5-4-15(23-12(16)3)13-6-7-22-17(9-13)18(19,20)21/h4-7,9,11,14H,8,10H2,1-3H3. The summed E-state index contributed by atoms with van der Waals surface area (Å²) in [5.41, 5.74) is 1.97. The van der Waals surface area contributed by atoms with Gasteiger partial charge < -0.3 is 4.90 Å². The van der Waals surface area contributed by atoms with Crippen molar-refractivity contribution in [2.24, 2.45) is 5.92 Å². The number of rotatable bonds is 4. The van der Waals surface area contributed by atoms with E-state index in [0.29, 0.717) is 23.2 Å². The van der Waals surface area contributed by atoms with E-state index in [0.717, 1.165) is 30.4 Å². The number of hydrogen-bond acceptors (Lipinski definition) is 3. The highest BCUT2D eigenvalue weighted by molar-refractivity contribution is 5.65. The minimum atomic E-state index is -4.45. The number of anilines is 1. The van der Waals surface area contributed by atoms with Crippen LogP contribution in [0.4, 0.5) is 18.9 Å². The van der Waals surface area contributed by atoms with Crippen LogP contribution in [0.5, 0.6) is 0 Å². The zero-order valence-electron chi connectivity index (χ0n) is 13.9. The number of nitrogens with zero attached hydrogens (tertiary/aromatic N) is 3. The van der Waals surface area contributed by atoms with Gasteiger partial charge in [-0.05, 0) is 43.5 Å². The topological polar surface area (TPSA) is 28.8 Å². The van der Waals surface area contributed by atoms with Crippen LogP contribution in [0, 0.1) is 12.8 Å². The number of hydrogen-bond donors (Lipinski definition) is 0. The van der Waals surface area contributed by atoms with Gasteiger partial charge in [0.15, 0.2) is 0 Å². The molecule has 1 unspecified atom stereocenters. The Bertz CT molecular complexity index is 741. The molecule has 128 valence electrons. The molecule has 0 radical (unpaired) electrons. The molecular weight excluding hydrogens is 315 g/mol. The van der Waals surface area contributed by atoms with Crippen molar-refractivity contribution in [2.45, 2.75) is 39.4 Å². The van der Waals surface area contributed by atoms with E-state index in [2.05, 4.69) is 28.7 Å². The van der Waals surface area contributed by atoms with Crippen molar-refractivity contribution in [1.82, 2.24) is 9.97 Å². The molecule has 0 bridgehead atoms. The third-order valence-corrected chi connectivity index (χ3v) is 4.17. The summed E-state index contributed by atoms with van der Waals surface area (Å²) in [4.78, 5) is 10.2. The van der Waals surface area contributed by atoms with Gasteiger partial charge in [0.05, 0.1) is 17.1 Å². The zero-order valence-corrected chi connectivity index (χ0v) is 13.9. The number of halogens is 3. The molecule has 0 N–H and O–H groups in total. The largest absolute Gasteiger partial charge is 0.433 e. The third kappa shape index (κ3) is 3.52. The van der Waals surface area contributed by atoms with Crippen molar-refractivity contribution in [2.75, 3.05) is 11.4 Å². The summed E-state index contributed by atoms with van der Waals surface area (Å²) in [6, 6.07) is 6.87. The normalized spacial score (nSPS) is 17.5. The molecule has 0 spiro atoms. The number of alkyl halides is 3. The Labute approximate surface area is 139 Å². The molecule has 3 nitrogen and oxygen atoms in total. The van der Waals surface area contributed by atoms with Gasteiger partial charge in [-0.25, -0.2) is 0 Å². The van der Waals surface area contributed by atoms with Crippen molar-refractivity contribution in [3.63, 3.8) is 0 Å². The second-order valence-electron chi connectivity index (χ2n) is 6.66. The van der Waals surface area contributed by atoms with Crippen molar-refractivity contribution in [3.8, 4) is 11.3 Å².